The molecule has 0 aliphatic rings. The highest BCUT2D eigenvalue weighted by Gasteiger charge is 2.16. The summed E-state index contributed by atoms with van der Waals surface area (Å²) in [6.45, 7) is 0. The zero-order chi connectivity index (χ0) is 13.8. The van der Waals surface area contributed by atoms with Crippen LogP contribution in [0.25, 0.3) is 0 Å². The molecule has 0 amide bonds. The van der Waals surface area contributed by atoms with E-state index in [4.69, 9.17) is 10.6 Å². The Morgan fingerprint density at radius 2 is 1.95 bits per heavy atom. The molecule has 0 spiro atoms. The highest BCUT2D eigenvalue weighted by atomic mass is 19.1. The van der Waals surface area contributed by atoms with Crippen LogP contribution in [0, 0.1) is 5.82 Å². The number of methoxy groups -OCH3 is 1. The molecule has 2 rings (SSSR count). The summed E-state index contributed by atoms with van der Waals surface area (Å²) in [4.78, 5) is 9.87. The second kappa shape index (κ2) is 5.49. The van der Waals surface area contributed by atoms with E-state index in [1.807, 2.05) is 0 Å². The molecule has 6 nitrogen and oxygen atoms in total. The van der Waals surface area contributed by atoms with Gasteiger partial charge in [0.1, 0.15) is 12.1 Å². The van der Waals surface area contributed by atoms with Crippen LogP contribution in [0.4, 0.5) is 21.7 Å². The molecule has 0 saturated carbocycles. The second-order valence-electron chi connectivity index (χ2n) is 3.76. The van der Waals surface area contributed by atoms with Gasteiger partial charge in [-0.3, -0.25) is 0 Å². The van der Waals surface area contributed by atoms with Crippen LogP contribution in [0.15, 0.2) is 30.6 Å². The van der Waals surface area contributed by atoms with Gasteiger partial charge in [0, 0.05) is 12.7 Å². The maximum Gasteiger partial charge on any atom is 0.206 e. The van der Waals surface area contributed by atoms with E-state index in [1.54, 1.807) is 24.1 Å². The van der Waals surface area contributed by atoms with Crippen molar-refractivity contribution in [1.82, 2.24) is 9.97 Å². The summed E-state index contributed by atoms with van der Waals surface area (Å²) in [6, 6.07) is 6.04. The first-order valence-corrected chi connectivity index (χ1v) is 5.52. The first-order valence-electron chi connectivity index (χ1n) is 5.52. The summed E-state index contributed by atoms with van der Waals surface area (Å²) in [7, 11) is 3.29. The van der Waals surface area contributed by atoms with Crippen LogP contribution >= 0.6 is 0 Å². The van der Waals surface area contributed by atoms with Crippen molar-refractivity contribution in [3.05, 3.63) is 36.4 Å². The van der Waals surface area contributed by atoms with Gasteiger partial charge in [0.15, 0.2) is 11.6 Å². The quantitative estimate of drug-likeness (QED) is 0.645. The molecule has 0 bridgehead atoms. The van der Waals surface area contributed by atoms with Gasteiger partial charge in [-0.2, -0.15) is 0 Å². The SMILES string of the molecule is COc1c(NN)ncnc1N(C)c1ccc(F)cc1. The summed E-state index contributed by atoms with van der Waals surface area (Å²) in [6.07, 6.45) is 1.37. The number of aromatic nitrogens is 2. The van der Waals surface area contributed by atoms with Crippen LogP contribution in [0.1, 0.15) is 0 Å². The number of anilines is 3. The molecule has 0 radical (unpaired) electrons. The molecular formula is C12H14FN5O. The third kappa shape index (κ3) is 2.55. The largest absolute Gasteiger partial charge is 0.490 e. The second-order valence-corrected chi connectivity index (χ2v) is 3.76. The Hall–Kier alpha value is -2.41. The van der Waals surface area contributed by atoms with Crippen molar-refractivity contribution in [3.63, 3.8) is 0 Å². The Kier molecular flexibility index (Phi) is 3.76. The molecule has 0 unspecified atom stereocenters. The van der Waals surface area contributed by atoms with E-state index < -0.39 is 0 Å². The lowest BCUT2D eigenvalue weighted by Gasteiger charge is -2.21. The minimum atomic E-state index is -0.295. The lowest BCUT2D eigenvalue weighted by molar-refractivity contribution is 0.414. The van der Waals surface area contributed by atoms with Gasteiger partial charge >= 0.3 is 0 Å². The predicted octanol–water partition coefficient (Wildman–Crippen LogP) is 1.68. The Morgan fingerprint density at radius 3 is 2.53 bits per heavy atom. The lowest BCUT2D eigenvalue weighted by atomic mass is 10.3. The maximum absolute atomic E-state index is 12.9. The van der Waals surface area contributed by atoms with Crippen molar-refractivity contribution >= 4 is 17.3 Å². The van der Waals surface area contributed by atoms with Gasteiger partial charge in [0.25, 0.3) is 0 Å². The third-order valence-electron chi connectivity index (χ3n) is 2.66. The van der Waals surface area contributed by atoms with Gasteiger partial charge in [-0.15, -0.1) is 0 Å². The maximum atomic E-state index is 12.9. The molecule has 2 aromatic rings. The van der Waals surface area contributed by atoms with Crippen molar-refractivity contribution < 1.29 is 9.13 Å². The van der Waals surface area contributed by atoms with Gasteiger partial charge in [-0.1, -0.05) is 0 Å². The normalized spacial score (nSPS) is 10.1. The molecule has 0 fully saturated rings. The highest BCUT2D eigenvalue weighted by Crippen LogP contribution is 2.34. The molecule has 0 aliphatic heterocycles. The number of nitrogens with zero attached hydrogens (tertiary/aromatic N) is 3. The first kappa shape index (κ1) is 13.0. The molecule has 1 heterocycles. The predicted molar refractivity (Wildman–Crippen MR) is 70.9 cm³/mol. The van der Waals surface area contributed by atoms with Crippen molar-refractivity contribution in [2.24, 2.45) is 5.84 Å². The van der Waals surface area contributed by atoms with Gasteiger partial charge in [0.2, 0.25) is 5.75 Å². The molecule has 0 atom stereocenters. The summed E-state index contributed by atoms with van der Waals surface area (Å²) in [5.41, 5.74) is 3.20. The van der Waals surface area contributed by atoms with E-state index in [0.29, 0.717) is 17.4 Å². The van der Waals surface area contributed by atoms with Crippen LogP contribution in [0.5, 0.6) is 5.75 Å². The summed E-state index contributed by atoms with van der Waals surface area (Å²) >= 11 is 0. The average Bonchev–Trinajstić information content (AvgIpc) is 2.46. The molecule has 0 aliphatic carbocycles. The molecule has 3 N–H and O–H groups in total. The monoisotopic (exact) mass is 263 g/mol. The fourth-order valence-electron chi connectivity index (χ4n) is 1.68. The van der Waals surface area contributed by atoms with E-state index in [1.165, 1.54) is 25.6 Å². The smallest absolute Gasteiger partial charge is 0.206 e. The number of benzene rings is 1. The van der Waals surface area contributed by atoms with Gasteiger partial charge in [-0.05, 0) is 24.3 Å². The zero-order valence-corrected chi connectivity index (χ0v) is 10.6. The minimum Gasteiger partial charge on any atom is -0.490 e. The average molecular weight is 263 g/mol. The fraction of sp³-hybridized carbons (Fsp3) is 0.167. The number of hydrazine groups is 1. The topological polar surface area (TPSA) is 76.3 Å². The Balaban J connectivity index is 2.43. The van der Waals surface area contributed by atoms with Crippen LogP contribution in [-0.4, -0.2) is 24.1 Å². The number of hydrogen-bond acceptors (Lipinski definition) is 6. The molecule has 19 heavy (non-hydrogen) atoms. The number of nitrogens with two attached hydrogens (primary N) is 1. The number of rotatable bonds is 4. The van der Waals surface area contributed by atoms with Crippen LogP contribution in [0.3, 0.4) is 0 Å². The Bertz CT molecular complexity index is 561. The summed E-state index contributed by atoms with van der Waals surface area (Å²) < 4.78 is 18.2. The van der Waals surface area contributed by atoms with E-state index >= 15 is 0 Å². The van der Waals surface area contributed by atoms with Gasteiger partial charge in [0.05, 0.1) is 7.11 Å². The van der Waals surface area contributed by atoms with Crippen molar-refractivity contribution in [2.45, 2.75) is 0 Å². The number of ether oxygens (including phenoxy) is 1. The van der Waals surface area contributed by atoms with Crippen molar-refractivity contribution in [3.8, 4) is 5.75 Å². The van der Waals surface area contributed by atoms with Crippen LogP contribution in [0.2, 0.25) is 0 Å². The van der Waals surface area contributed by atoms with E-state index in [2.05, 4.69) is 15.4 Å². The molecule has 7 heteroatoms. The molecule has 1 aromatic heterocycles. The molecular weight excluding hydrogens is 249 g/mol. The number of hydrogen-bond donors (Lipinski definition) is 2. The fourth-order valence-corrected chi connectivity index (χ4v) is 1.68. The van der Waals surface area contributed by atoms with Gasteiger partial charge in [-0.25, -0.2) is 20.2 Å². The van der Waals surface area contributed by atoms with Crippen LogP contribution < -0.4 is 20.9 Å². The Labute approximate surface area is 110 Å². The number of nitrogens with one attached hydrogen (secondary N) is 1. The van der Waals surface area contributed by atoms with E-state index in [-0.39, 0.29) is 5.82 Å². The van der Waals surface area contributed by atoms with Crippen LogP contribution in [-0.2, 0) is 0 Å². The number of nitrogen functional groups attached to an aromatic ring is 1. The number of halogens is 1. The zero-order valence-electron chi connectivity index (χ0n) is 10.6. The highest BCUT2D eigenvalue weighted by molar-refractivity contribution is 5.70. The first-order chi connectivity index (χ1) is 9.17. The lowest BCUT2D eigenvalue weighted by Crippen LogP contribution is -2.16. The van der Waals surface area contributed by atoms with E-state index in [9.17, 15) is 4.39 Å². The molecule has 1 aromatic carbocycles. The molecule has 100 valence electrons. The standard InChI is InChI=1S/C12H14FN5O/c1-18(9-5-3-8(13)4-6-9)12-10(19-2)11(17-14)15-7-16-12/h3-7H,14H2,1-2H3,(H,15,16,17). The van der Waals surface area contributed by atoms with Gasteiger partial charge < -0.3 is 15.1 Å². The molecule has 0 saturated heterocycles. The summed E-state index contributed by atoms with van der Waals surface area (Å²) in [5, 5.41) is 0. The third-order valence-corrected chi connectivity index (χ3v) is 2.66. The summed E-state index contributed by atoms with van der Waals surface area (Å²) in [5.74, 6) is 6.39. The van der Waals surface area contributed by atoms with Crippen molar-refractivity contribution in [1.29, 1.82) is 0 Å². The minimum absolute atomic E-state index is 0.295. The van der Waals surface area contributed by atoms with E-state index in [0.717, 1.165) is 5.69 Å². The Morgan fingerprint density at radius 1 is 1.26 bits per heavy atom. The van der Waals surface area contributed by atoms with Crippen molar-refractivity contribution in [2.75, 3.05) is 24.5 Å².